The Balaban J connectivity index is 2.47. The van der Waals surface area contributed by atoms with E-state index in [2.05, 4.69) is 0 Å². The summed E-state index contributed by atoms with van der Waals surface area (Å²) in [6.07, 6.45) is 4.23. The van der Waals surface area contributed by atoms with Crippen molar-refractivity contribution in [3.05, 3.63) is 12.3 Å². The molecule has 0 aliphatic heterocycles. The van der Waals surface area contributed by atoms with Crippen LogP contribution in [0.2, 0.25) is 0 Å². The van der Waals surface area contributed by atoms with Crippen molar-refractivity contribution in [2.24, 2.45) is 0 Å². The SMILES string of the molecule is CN(/C=C\C(=O)NC=O)C1CCC(F)(CO)C1. The van der Waals surface area contributed by atoms with Gasteiger partial charge in [0, 0.05) is 31.8 Å². The Hall–Kier alpha value is -1.43. The summed E-state index contributed by atoms with van der Waals surface area (Å²) >= 11 is 0. The molecule has 1 saturated carbocycles. The topological polar surface area (TPSA) is 69.6 Å². The number of halogens is 1. The Morgan fingerprint density at radius 3 is 2.94 bits per heavy atom. The van der Waals surface area contributed by atoms with Crippen molar-refractivity contribution in [3.63, 3.8) is 0 Å². The largest absolute Gasteiger partial charge is 0.393 e. The number of alkyl halides is 1. The number of nitrogens with one attached hydrogen (secondary N) is 1. The average Bonchev–Trinajstić information content (AvgIpc) is 2.70. The summed E-state index contributed by atoms with van der Waals surface area (Å²) in [6.45, 7) is -0.466. The van der Waals surface area contributed by atoms with Crippen LogP contribution in [-0.4, -0.2) is 47.7 Å². The van der Waals surface area contributed by atoms with Gasteiger partial charge in [0.15, 0.2) is 0 Å². The highest BCUT2D eigenvalue weighted by Gasteiger charge is 2.39. The van der Waals surface area contributed by atoms with Crippen molar-refractivity contribution < 1.29 is 19.1 Å². The molecule has 2 amide bonds. The molecule has 1 rings (SSSR count). The maximum absolute atomic E-state index is 13.7. The van der Waals surface area contributed by atoms with Crippen molar-refractivity contribution >= 4 is 12.3 Å². The lowest BCUT2D eigenvalue weighted by Gasteiger charge is -2.23. The predicted molar refractivity (Wildman–Crippen MR) is 59.7 cm³/mol. The number of aliphatic hydroxyl groups is 1. The molecular weight excluding hydrogens is 227 g/mol. The van der Waals surface area contributed by atoms with Crippen molar-refractivity contribution in [3.8, 4) is 0 Å². The first kappa shape index (κ1) is 13.6. The molecule has 2 unspecified atom stereocenters. The monoisotopic (exact) mass is 244 g/mol. The fourth-order valence-corrected chi connectivity index (χ4v) is 1.96. The van der Waals surface area contributed by atoms with E-state index in [4.69, 9.17) is 5.11 Å². The highest BCUT2D eigenvalue weighted by Crippen LogP contribution is 2.35. The standard InChI is InChI=1S/C11H17FN2O3/c1-14(5-3-10(17)13-8-16)9-2-4-11(12,6-9)7-15/h3,5,8-9,15H,2,4,6-7H2,1H3,(H,13,16,17)/b5-3-. The third-order valence-corrected chi connectivity index (χ3v) is 3.05. The molecular formula is C11H17FN2O3. The van der Waals surface area contributed by atoms with E-state index in [0.29, 0.717) is 19.3 Å². The molecule has 2 N–H and O–H groups in total. The summed E-state index contributed by atoms with van der Waals surface area (Å²) < 4.78 is 13.7. The quantitative estimate of drug-likeness (QED) is 0.526. The Bertz CT molecular complexity index is 322. The minimum atomic E-state index is -1.50. The summed E-state index contributed by atoms with van der Waals surface area (Å²) in [5.41, 5.74) is -1.50. The summed E-state index contributed by atoms with van der Waals surface area (Å²) in [5, 5.41) is 10.9. The first-order valence-electron chi connectivity index (χ1n) is 5.45. The predicted octanol–water partition coefficient (Wildman–Crippen LogP) is -0.0424. The second kappa shape index (κ2) is 5.77. The van der Waals surface area contributed by atoms with E-state index in [0.717, 1.165) is 0 Å². The lowest BCUT2D eigenvalue weighted by molar-refractivity contribution is -0.121. The highest BCUT2D eigenvalue weighted by atomic mass is 19.1. The van der Waals surface area contributed by atoms with Gasteiger partial charge in [0.2, 0.25) is 6.41 Å². The fourth-order valence-electron chi connectivity index (χ4n) is 1.96. The summed E-state index contributed by atoms with van der Waals surface area (Å²) in [6, 6.07) is -0.0348. The molecule has 0 heterocycles. The van der Waals surface area contributed by atoms with Crippen LogP contribution in [0.3, 0.4) is 0 Å². The molecule has 2 atom stereocenters. The van der Waals surface area contributed by atoms with Gasteiger partial charge in [-0.25, -0.2) is 4.39 Å². The average molecular weight is 244 g/mol. The molecule has 0 bridgehead atoms. The van der Waals surface area contributed by atoms with Crippen LogP contribution in [0.5, 0.6) is 0 Å². The molecule has 0 spiro atoms. The second-order valence-electron chi connectivity index (χ2n) is 4.31. The van der Waals surface area contributed by atoms with E-state index in [9.17, 15) is 14.0 Å². The minimum absolute atomic E-state index is 0.0348. The number of hydrogen-bond donors (Lipinski definition) is 2. The Kier molecular flexibility index (Phi) is 4.62. The van der Waals surface area contributed by atoms with Crippen LogP contribution in [0, 0.1) is 0 Å². The van der Waals surface area contributed by atoms with Gasteiger partial charge in [-0.15, -0.1) is 0 Å². The first-order chi connectivity index (χ1) is 8.00. The molecule has 0 aromatic rings. The van der Waals surface area contributed by atoms with E-state index in [1.54, 1.807) is 11.9 Å². The third kappa shape index (κ3) is 3.81. The normalized spacial score (nSPS) is 28.3. The first-order valence-corrected chi connectivity index (χ1v) is 5.45. The van der Waals surface area contributed by atoms with E-state index < -0.39 is 18.2 Å². The Morgan fingerprint density at radius 1 is 1.71 bits per heavy atom. The van der Waals surface area contributed by atoms with Crippen LogP contribution in [0.4, 0.5) is 4.39 Å². The van der Waals surface area contributed by atoms with Gasteiger partial charge in [0.05, 0.1) is 6.61 Å². The number of hydrogen-bond acceptors (Lipinski definition) is 4. The second-order valence-corrected chi connectivity index (χ2v) is 4.31. The summed E-state index contributed by atoms with van der Waals surface area (Å²) in [5.74, 6) is -0.515. The van der Waals surface area contributed by atoms with Gasteiger partial charge in [-0.2, -0.15) is 0 Å². The summed E-state index contributed by atoms with van der Waals surface area (Å²) in [7, 11) is 1.73. The summed E-state index contributed by atoms with van der Waals surface area (Å²) in [4.78, 5) is 22.7. The lowest BCUT2D eigenvalue weighted by Crippen LogP contribution is -2.30. The molecule has 6 heteroatoms. The highest BCUT2D eigenvalue weighted by molar-refractivity contribution is 5.94. The minimum Gasteiger partial charge on any atom is -0.393 e. The molecule has 1 aliphatic rings. The molecule has 96 valence electrons. The zero-order valence-electron chi connectivity index (χ0n) is 9.73. The number of carbonyl (C=O) groups excluding carboxylic acids is 2. The lowest BCUT2D eigenvalue weighted by atomic mass is 10.1. The van der Waals surface area contributed by atoms with E-state index >= 15 is 0 Å². The zero-order valence-corrected chi connectivity index (χ0v) is 9.73. The molecule has 1 fully saturated rings. The number of carbonyl (C=O) groups is 2. The smallest absolute Gasteiger partial charge is 0.251 e. The van der Waals surface area contributed by atoms with Crippen LogP contribution in [0.15, 0.2) is 12.3 Å². The Labute approximate surface area is 99.3 Å². The van der Waals surface area contributed by atoms with Gasteiger partial charge in [0.25, 0.3) is 5.91 Å². The molecule has 0 radical (unpaired) electrons. The number of amides is 2. The van der Waals surface area contributed by atoms with Gasteiger partial charge >= 0.3 is 0 Å². The van der Waals surface area contributed by atoms with Gasteiger partial charge in [-0.05, 0) is 12.8 Å². The van der Waals surface area contributed by atoms with Crippen molar-refractivity contribution in [2.75, 3.05) is 13.7 Å². The molecule has 17 heavy (non-hydrogen) atoms. The van der Waals surface area contributed by atoms with Crippen LogP contribution >= 0.6 is 0 Å². The Morgan fingerprint density at radius 2 is 2.41 bits per heavy atom. The van der Waals surface area contributed by atoms with Crippen molar-refractivity contribution in [2.45, 2.75) is 31.0 Å². The number of imide groups is 1. The third-order valence-electron chi connectivity index (χ3n) is 3.05. The number of aliphatic hydroxyl groups excluding tert-OH is 1. The van der Waals surface area contributed by atoms with Crippen LogP contribution in [-0.2, 0) is 9.59 Å². The molecule has 5 nitrogen and oxygen atoms in total. The van der Waals surface area contributed by atoms with E-state index in [1.165, 1.54) is 12.3 Å². The van der Waals surface area contributed by atoms with Crippen molar-refractivity contribution in [1.82, 2.24) is 10.2 Å². The molecule has 0 aromatic heterocycles. The number of nitrogens with zero attached hydrogens (tertiary/aromatic N) is 1. The van der Waals surface area contributed by atoms with Gasteiger partial charge in [-0.3, -0.25) is 14.9 Å². The van der Waals surface area contributed by atoms with Crippen LogP contribution in [0.1, 0.15) is 19.3 Å². The van der Waals surface area contributed by atoms with E-state index in [-0.39, 0.29) is 12.5 Å². The fraction of sp³-hybridized carbons (Fsp3) is 0.636. The van der Waals surface area contributed by atoms with Crippen LogP contribution in [0.25, 0.3) is 0 Å². The van der Waals surface area contributed by atoms with Gasteiger partial charge in [-0.1, -0.05) is 0 Å². The van der Waals surface area contributed by atoms with Crippen molar-refractivity contribution in [1.29, 1.82) is 0 Å². The molecule has 1 aliphatic carbocycles. The molecule has 0 aromatic carbocycles. The maximum Gasteiger partial charge on any atom is 0.251 e. The zero-order chi connectivity index (χ0) is 12.9. The molecule has 0 saturated heterocycles. The number of rotatable bonds is 5. The van der Waals surface area contributed by atoms with Crippen LogP contribution < -0.4 is 5.32 Å². The van der Waals surface area contributed by atoms with Gasteiger partial charge in [0.1, 0.15) is 5.67 Å². The van der Waals surface area contributed by atoms with E-state index in [1.807, 2.05) is 5.32 Å². The van der Waals surface area contributed by atoms with Gasteiger partial charge < -0.3 is 10.0 Å². The maximum atomic E-state index is 13.7.